The molecule has 0 heterocycles. The van der Waals surface area contributed by atoms with Gasteiger partial charge in [-0.15, -0.1) is 86.8 Å². The quantitative estimate of drug-likeness (QED) is 0.365. The van der Waals surface area contributed by atoms with Crippen molar-refractivity contribution in [2.75, 3.05) is 0 Å². The predicted octanol–water partition coefficient (Wildman–Crippen LogP) is -1.47. The van der Waals surface area contributed by atoms with E-state index in [1.54, 1.807) is 0 Å². The van der Waals surface area contributed by atoms with Gasteiger partial charge in [0.1, 0.15) is 0 Å². The zero-order valence-electron chi connectivity index (χ0n) is 5.53. The third-order valence-corrected chi connectivity index (χ3v) is 0. The average Bonchev–Trinajstić information content (AvgIpc) is 0.811. The van der Waals surface area contributed by atoms with Crippen LogP contribution < -0.4 is 55.0 Å². The zero-order valence-corrected chi connectivity index (χ0v) is 17.6. The minimum absolute atomic E-state index is 0. The van der Waals surface area contributed by atoms with Gasteiger partial charge in [-0.25, -0.2) is 0 Å². The van der Waals surface area contributed by atoms with Gasteiger partial charge in [-0.3, -0.25) is 0 Å². The molecule has 0 aromatic rings. The molecule has 80 valence electrons. The summed E-state index contributed by atoms with van der Waals surface area (Å²) in [4.78, 5) is 0. The number of hydrogen-bond acceptors (Lipinski definition) is 3. The molecule has 0 N–H and O–H groups in total. The van der Waals surface area contributed by atoms with Crippen LogP contribution in [0.2, 0.25) is 0 Å². The van der Waals surface area contributed by atoms with Crippen LogP contribution in [0.3, 0.4) is 0 Å². The maximum absolute atomic E-state index is 8.62. The molecule has 0 aromatic heterocycles. The second-order valence-corrected chi connectivity index (χ2v) is 1.83. The summed E-state index contributed by atoms with van der Waals surface area (Å²) in [5, 5.41) is 0. The van der Waals surface area contributed by atoms with E-state index in [1.807, 2.05) is 0 Å². The predicted molar refractivity (Wildman–Crippen MR) is 52.1 cm³/mol. The Morgan fingerprint density at radius 1 is 0.667 bits per heavy atom. The van der Waals surface area contributed by atoms with Gasteiger partial charge >= 0.3 is 80.3 Å². The first-order valence-corrected chi connectivity index (χ1v) is 4.48. The summed E-state index contributed by atoms with van der Waals surface area (Å²) >= 11 is -4.34. The fraction of sp³-hybridized carbons (Fsp3) is 0. The average molecular weight is 523 g/mol. The van der Waals surface area contributed by atoms with Crippen molar-refractivity contribution in [2.45, 2.75) is 0 Å². The molecule has 0 aromatic carbocycles. The summed E-state index contributed by atoms with van der Waals surface area (Å²) < 4.78 is 25.9. The van der Waals surface area contributed by atoms with E-state index >= 15 is 0 Å². The topological polar surface area (TPSA) is 57.2 Å². The van der Waals surface area contributed by atoms with Crippen molar-refractivity contribution in [1.29, 1.82) is 0 Å². The zero-order chi connectivity index (χ0) is 3.58. The SMILES string of the molecule is Cl.Cl.Cl.Cl.Cl.Cl.Cl.[K+].[O]=[Ta](=[O])[O-]. The normalized spacial score (nSPS) is 2.08. The van der Waals surface area contributed by atoms with Gasteiger partial charge in [-0.05, 0) is 0 Å². The Kier molecular flexibility index (Phi) is 369. The van der Waals surface area contributed by atoms with Crippen LogP contribution in [0.5, 0.6) is 0 Å². The Morgan fingerprint density at radius 2 is 0.667 bits per heavy atom. The molecule has 0 aliphatic heterocycles. The van der Waals surface area contributed by atoms with Crippen LogP contribution in [0.15, 0.2) is 0 Å². The molecule has 0 aliphatic rings. The summed E-state index contributed by atoms with van der Waals surface area (Å²) in [5.74, 6) is 0. The summed E-state index contributed by atoms with van der Waals surface area (Å²) in [6.45, 7) is 0. The molecule has 3 nitrogen and oxygen atoms in total. The molecular formula is H7Cl7KO3Ta. The van der Waals surface area contributed by atoms with Crippen molar-refractivity contribution in [3.63, 3.8) is 0 Å². The van der Waals surface area contributed by atoms with Crippen LogP contribution in [0, 0.1) is 0 Å². The molecule has 0 saturated carbocycles. The molecule has 0 fully saturated rings. The molecule has 0 radical (unpaired) electrons. The summed E-state index contributed by atoms with van der Waals surface area (Å²) in [5.41, 5.74) is 0. The molecule has 0 bridgehead atoms. The van der Waals surface area contributed by atoms with Crippen molar-refractivity contribution < 1.29 is 80.3 Å². The third kappa shape index (κ3) is 149. The number of hydrogen-bond donors (Lipinski definition) is 0. The van der Waals surface area contributed by atoms with Crippen LogP contribution in [0.4, 0.5) is 0 Å². The molecule has 0 amide bonds. The molecule has 0 saturated heterocycles. The van der Waals surface area contributed by atoms with Gasteiger partial charge < -0.3 is 0 Å². The Labute approximate surface area is 164 Å². The van der Waals surface area contributed by atoms with Crippen LogP contribution in [0.25, 0.3) is 0 Å². The molecule has 12 heavy (non-hydrogen) atoms. The van der Waals surface area contributed by atoms with Gasteiger partial charge in [0.15, 0.2) is 0 Å². The summed E-state index contributed by atoms with van der Waals surface area (Å²) in [6, 6.07) is 0. The van der Waals surface area contributed by atoms with Crippen molar-refractivity contribution in [3.8, 4) is 0 Å². The van der Waals surface area contributed by atoms with Crippen LogP contribution in [-0.4, -0.2) is 0 Å². The first-order valence-electron chi connectivity index (χ1n) is 0.548. The fourth-order valence-corrected chi connectivity index (χ4v) is 0. The van der Waals surface area contributed by atoms with E-state index in [1.165, 1.54) is 0 Å². The van der Waals surface area contributed by atoms with Gasteiger partial charge in [-0.1, -0.05) is 0 Å². The van der Waals surface area contributed by atoms with Gasteiger partial charge in [0.05, 0.1) is 0 Å². The maximum atomic E-state index is 8.62. The van der Waals surface area contributed by atoms with Crippen molar-refractivity contribution in [1.82, 2.24) is 0 Å². The third-order valence-electron chi connectivity index (χ3n) is 0. The van der Waals surface area contributed by atoms with Crippen molar-refractivity contribution >= 4 is 86.8 Å². The van der Waals surface area contributed by atoms with E-state index in [4.69, 9.17) is 10.1 Å². The molecule has 0 aliphatic carbocycles. The second kappa shape index (κ2) is 60.2. The van der Waals surface area contributed by atoms with Gasteiger partial charge in [0, 0.05) is 0 Å². The second-order valence-electron chi connectivity index (χ2n) is 0.224. The fourth-order valence-electron chi connectivity index (χ4n) is 0. The molecule has 0 atom stereocenters. The molecule has 0 unspecified atom stereocenters. The Morgan fingerprint density at radius 3 is 0.667 bits per heavy atom. The Bertz CT molecular complexity index is 67.1. The molecule has 0 rings (SSSR count). The van der Waals surface area contributed by atoms with Gasteiger partial charge in [0.2, 0.25) is 0 Å². The summed E-state index contributed by atoms with van der Waals surface area (Å²) in [6.07, 6.45) is 0. The van der Waals surface area contributed by atoms with Crippen LogP contribution in [0.1, 0.15) is 0 Å². The summed E-state index contributed by atoms with van der Waals surface area (Å²) in [7, 11) is 0. The van der Waals surface area contributed by atoms with Crippen LogP contribution in [-0.2, 0) is 25.3 Å². The van der Waals surface area contributed by atoms with E-state index in [9.17, 15) is 0 Å². The molecule has 0 spiro atoms. The number of rotatable bonds is 0. The number of halogens is 7. The van der Waals surface area contributed by atoms with Gasteiger partial charge in [-0.2, -0.15) is 0 Å². The first-order chi connectivity index (χ1) is 1.73. The molecular weight excluding hydrogens is 516 g/mol. The van der Waals surface area contributed by atoms with E-state index in [2.05, 4.69) is 0 Å². The standard InChI is InChI=1S/7ClH.K.3O.Ta/h7*1H;;;;;/q;;;;;;;+1;;;-1;. The Hall–Kier alpha value is 3.97. The van der Waals surface area contributed by atoms with E-state index < -0.39 is 18.8 Å². The van der Waals surface area contributed by atoms with Gasteiger partial charge in [0.25, 0.3) is 0 Å². The monoisotopic (exact) mass is 520 g/mol. The van der Waals surface area contributed by atoms with E-state index in [0.29, 0.717) is 0 Å². The first kappa shape index (κ1) is 73.7. The van der Waals surface area contributed by atoms with E-state index in [0.717, 1.165) is 0 Å². The van der Waals surface area contributed by atoms with Crippen molar-refractivity contribution in [3.05, 3.63) is 0 Å². The minimum atomic E-state index is -4.34. The Balaban J connectivity index is -0.00000000161. The van der Waals surface area contributed by atoms with Crippen molar-refractivity contribution in [2.24, 2.45) is 0 Å². The molecule has 12 heteroatoms. The van der Waals surface area contributed by atoms with Crippen LogP contribution >= 0.6 is 86.8 Å². The van der Waals surface area contributed by atoms with E-state index in [-0.39, 0.29) is 138 Å².